The van der Waals surface area contributed by atoms with Crippen LogP contribution in [0.2, 0.25) is 0 Å². The topological polar surface area (TPSA) is 84.6 Å². The van der Waals surface area contributed by atoms with E-state index in [1.165, 1.54) is 0 Å². The van der Waals surface area contributed by atoms with Crippen molar-refractivity contribution in [3.05, 3.63) is 29.8 Å². The molecule has 0 heterocycles. The summed E-state index contributed by atoms with van der Waals surface area (Å²) in [5.74, 6) is -0.215. The highest BCUT2D eigenvalue weighted by atomic mass is 16.5. The van der Waals surface area contributed by atoms with Crippen molar-refractivity contribution in [2.24, 2.45) is 0 Å². The number of anilines is 1. The second kappa shape index (κ2) is 6.88. The Hall–Kier alpha value is -1.59. The molecule has 0 fully saturated rings. The quantitative estimate of drug-likeness (QED) is 0.626. The average molecular weight is 238 g/mol. The van der Waals surface area contributed by atoms with Gasteiger partial charge in [0.2, 0.25) is 0 Å². The number of rotatable bonds is 6. The summed E-state index contributed by atoms with van der Waals surface area (Å²) in [6.45, 7) is 0.375. The maximum absolute atomic E-state index is 11.9. The van der Waals surface area contributed by atoms with E-state index < -0.39 is 0 Å². The minimum atomic E-state index is -0.215. The van der Waals surface area contributed by atoms with Crippen molar-refractivity contribution in [3.63, 3.8) is 0 Å². The molecule has 1 rings (SSSR count). The van der Waals surface area contributed by atoms with E-state index in [0.717, 1.165) is 0 Å². The number of carbonyl (C=O) groups is 1. The second-order valence-electron chi connectivity index (χ2n) is 3.76. The third kappa shape index (κ3) is 4.42. The Balaban J connectivity index is 2.63. The van der Waals surface area contributed by atoms with Gasteiger partial charge in [0.05, 0.1) is 12.6 Å². The van der Waals surface area contributed by atoms with Crippen molar-refractivity contribution in [1.29, 1.82) is 0 Å². The van der Waals surface area contributed by atoms with Gasteiger partial charge < -0.3 is 20.9 Å². The number of carbonyl (C=O) groups excluding carboxylic acids is 1. The van der Waals surface area contributed by atoms with E-state index in [-0.39, 0.29) is 18.6 Å². The lowest BCUT2D eigenvalue weighted by Crippen LogP contribution is -2.38. The highest BCUT2D eigenvalue weighted by molar-refractivity contribution is 5.95. The van der Waals surface area contributed by atoms with Crippen LogP contribution in [0.4, 0.5) is 5.69 Å². The van der Waals surface area contributed by atoms with Gasteiger partial charge in [0.1, 0.15) is 0 Å². The standard InChI is InChI=1S/C12H18N2O3/c1-17-8-11(5-6-15)14-12(16)9-3-2-4-10(13)7-9/h2-4,7,11,15H,5-6,8,13H2,1H3,(H,14,16). The maximum atomic E-state index is 11.9. The molecule has 0 aliphatic carbocycles. The fourth-order valence-electron chi connectivity index (χ4n) is 1.50. The van der Waals surface area contributed by atoms with Crippen molar-refractivity contribution in [1.82, 2.24) is 5.32 Å². The lowest BCUT2D eigenvalue weighted by Gasteiger charge is -2.16. The lowest BCUT2D eigenvalue weighted by atomic mass is 10.1. The molecule has 1 aromatic carbocycles. The molecule has 0 aliphatic heterocycles. The molecule has 4 N–H and O–H groups in total. The zero-order valence-corrected chi connectivity index (χ0v) is 9.85. The Morgan fingerprint density at radius 1 is 1.59 bits per heavy atom. The van der Waals surface area contributed by atoms with Gasteiger partial charge in [-0.2, -0.15) is 0 Å². The molecule has 0 saturated heterocycles. The van der Waals surface area contributed by atoms with Crippen LogP contribution in [0.25, 0.3) is 0 Å². The van der Waals surface area contributed by atoms with Gasteiger partial charge in [-0.1, -0.05) is 6.07 Å². The van der Waals surface area contributed by atoms with Crippen molar-refractivity contribution in [3.8, 4) is 0 Å². The van der Waals surface area contributed by atoms with Crippen molar-refractivity contribution < 1.29 is 14.6 Å². The summed E-state index contributed by atoms with van der Waals surface area (Å²) in [5.41, 5.74) is 6.65. The van der Waals surface area contributed by atoms with Gasteiger partial charge in [-0.3, -0.25) is 4.79 Å². The summed E-state index contributed by atoms with van der Waals surface area (Å²) in [5, 5.41) is 11.6. The van der Waals surface area contributed by atoms with Crippen LogP contribution in [0, 0.1) is 0 Å². The first kappa shape index (κ1) is 13.5. The Morgan fingerprint density at radius 3 is 2.94 bits per heavy atom. The average Bonchev–Trinajstić information content (AvgIpc) is 2.29. The number of ether oxygens (including phenoxy) is 1. The highest BCUT2D eigenvalue weighted by Gasteiger charge is 2.13. The molecule has 0 spiro atoms. The molecule has 0 aromatic heterocycles. The van der Waals surface area contributed by atoms with Crippen molar-refractivity contribution in [2.75, 3.05) is 26.1 Å². The molecule has 0 radical (unpaired) electrons. The molecule has 1 aromatic rings. The number of nitrogens with two attached hydrogens (primary N) is 1. The Bertz CT molecular complexity index is 363. The van der Waals surface area contributed by atoms with Gasteiger partial charge in [-0.25, -0.2) is 0 Å². The van der Waals surface area contributed by atoms with Crippen molar-refractivity contribution in [2.45, 2.75) is 12.5 Å². The van der Waals surface area contributed by atoms with Crippen LogP contribution in [-0.4, -0.2) is 37.4 Å². The van der Waals surface area contributed by atoms with Crippen LogP contribution in [-0.2, 0) is 4.74 Å². The fourth-order valence-corrected chi connectivity index (χ4v) is 1.50. The van der Waals surface area contributed by atoms with Gasteiger partial charge in [-0.15, -0.1) is 0 Å². The van der Waals surface area contributed by atoms with Gasteiger partial charge in [-0.05, 0) is 24.6 Å². The fraction of sp³-hybridized carbons (Fsp3) is 0.417. The van der Waals surface area contributed by atoms with E-state index in [9.17, 15) is 4.79 Å². The SMILES string of the molecule is COCC(CCO)NC(=O)c1cccc(N)c1. The number of aliphatic hydroxyl groups is 1. The summed E-state index contributed by atoms with van der Waals surface area (Å²) >= 11 is 0. The van der Waals surface area contributed by atoms with Gasteiger partial charge in [0.15, 0.2) is 0 Å². The van der Waals surface area contributed by atoms with E-state index in [2.05, 4.69) is 5.32 Å². The molecule has 5 heteroatoms. The molecule has 1 atom stereocenters. The van der Waals surface area contributed by atoms with Crippen LogP contribution in [0.5, 0.6) is 0 Å². The number of aliphatic hydroxyl groups excluding tert-OH is 1. The minimum Gasteiger partial charge on any atom is -0.399 e. The smallest absolute Gasteiger partial charge is 0.251 e. The molecule has 94 valence electrons. The molecule has 5 nitrogen and oxygen atoms in total. The number of amides is 1. The minimum absolute atomic E-state index is 0.00519. The summed E-state index contributed by atoms with van der Waals surface area (Å²) in [6.07, 6.45) is 0.460. The number of hydrogen-bond acceptors (Lipinski definition) is 4. The zero-order chi connectivity index (χ0) is 12.7. The largest absolute Gasteiger partial charge is 0.399 e. The summed E-state index contributed by atoms with van der Waals surface area (Å²) in [4.78, 5) is 11.9. The first-order valence-electron chi connectivity index (χ1n) is 5.43. The predicted molar refractivity (Wildman–Crippen MR) is 65.7 cm³/mol. The van der Waals surface area contributed by atoms with Crippen LogP contribution in [0.15, 0.2) is 24.3 Å². The molecule has 0 saturated carbocycles. The number of hydrogen-bond donors (Lipinski definition) is 3. The first-order chi connectivity index (χ1) is 8.17. The molecular formula is C12H18N2O3. The van der Waals surface area contributed by atoms with E-state index >= 15 is 0 Å². The molecule has 1 amide bonds. The maximum Gasteiger partial charge on any atom is 0.251 e. The lowest BCUT2D eigenvalue weighted by molar-refractivity contribution is 0.0879. The van der Waals surface area contributed by atoms with Crippen LogP contribution < -0.4 is 11.1 Å². The van der Waals surface area contributed by atoms with Crippen LogP contribution in [0.3, 0.4) is 0 Å². The molecule has 0 bridgehead atoms. The predicted octanol–water partition coefficient (Wildman–Crippen LogP) is 0.396. The summed E-state index contributed by atoms with van der Waals surface area (Å²) in [7, 11) is 1.55. The zero-order valence-electron chi connectivity index (χ0n) is 9.85. The first-order valence-corrected chi connectivity index (χ1v) is 5.43. The van der Waals surface area contributed by atoms with Gasteiger partial charge in [0.25, 0.3) is 5.91 Å². The molecule has 0 aliphatic rings. The van der Waals surface area contributed by atoms with E-state index in [4.69, 9.17) is 15.6 Å². The third-order valence-electron chi connectivity index (χ3n) is 2.33. The normalized spacial score (nSPS) is 12.1. The molecule has 17 heavy (non-hydrogen) atoms. The monoisotopic (exact) mass is 238 g/mol. The van der Waals surface area contributed by atoms with Crippen LogP contribution >= 0.6 is 0 Å². The Labute approximate surface area is 101 Å². The number of nitrogens with one attached hydrogen (secondary N) is 1. The van der Waals surface area contributed by atoms with E-state index in [1.54, 1.807) is 31.4 Å². The molecular weight excluding hydrogens is 220 g/mol. The third-order valence-corrected chi connectivity index (χ3v) is 2.33. The van der Waals surface area contributed by atoms with Gasteiger partial charge >= 0.3 is 0 Å². The van der Waals surface area contributed by atoms with Crippen molar-refractivity contribution >= 4 is 11.6 Å². The van der Waals surface area contributed by atoms with E-state index in [1.807, 2.05) is 0 Å². The Morgan fingerprint density at radius 2 is 2.35 bits per heavy atom. The number of nitrogen functional groups attached to an aromatic ring is 1. The number of benzene rings is 1. The van der Waals surface area contributed by atoms with Crippen LogP contribution in [0.1, 0.15) is 16.8 Å². The van der Waals surface area contributed by atoms with E-state index in [0.29, 0.717) is 24.3 Å². The summed E-state index contributed by atoms with van der Waals surface area (Å²) < 4.78 is 4.97. The Kier molecular flexibility index (Phi) is 5.45. The second-order valence-corrected chi connectivity index (χ2v) is 3.76. The summed E-state index contributed by atoms with van der Waals surface area (Å²) in [6, 6.07) is 6.55. The number of methoxy groups -OCH3 is 1. The molecule has 1 unspecified atom stereocenters. The highest BCUT2D eigenvalue weighted by Crippen LogP contribution is 2.07. The van der Waals surface area contributed by atoms with Gasteiger partial charge in [0, 0.05) is 25.0 Å².